The molecule has 2 aromatic carbocycles. The highest BCUT2D eigenvalue weighted by Crippen LogP contribution is 2.41. The maximum atomic E-state index is 15.3. The lowest BCUT2D eigenvalue weighted by Gasteiger charge is -2.41. The van der Waals surface area contributed by atoms with Gasteiger partial charge in [0.2, 0.25) is 47.3 Å². The summed E-state index contributed by atoms with van der Waals surface area (Å²) in [7, 11) is 0. The molecule has 360 valence electrons. The molecule has 18 nitrogen and oxygen atoms in total. The van der Waals surface area contributed by atoms with Crippen LogP contribution >= 0.6 is 15.9 Å². The minimum absolute atomic E-state index is 0.0274. The molecular formula is C45H60BrF2N9O9. The number of aromatic nitrogens is 1. The normalized spacial score (nSPS) is 13.5. The Balaban J connectivity index is 2.05. The van der Waals surface area contributed by atoms with Crippen LogP contribution < -0.4 is 37.6 Å². The highest BCUT2D eigenvalue weighted by Gasteiger charge is 2.38. The van der Waals surface area contributed by atoms with Crippen LogP contribution in [0.2, 0.25) is 0 Å². The third kappa shape index (κ3) is 16.6. The van der Waals surface area contributed by atoms with Crippen molar-refractivity contribution in [3.63, 3.8) is 0 Å². The third-order valence-electron chi connectivity index (χ3n) is 10.2. The molecule has 0 spiro atoms. The third-order valence-corrected chi connectivity index (χ3v) is 10.7. The number of primary amides is 1. The van der Waals surface area contributed by atoms with E-state index in [1.54, 1.807) is 16.8 Å². The van der Waals surface area contributed by atoms with Gasteiger partial charge in [0.1, 0.15) is 42.4 Å². The van der Waals surface area contributed by atoms with Crippen molar-refractivity contribution in [3.05, 3.63) is 83.7 Å². The largest absolute Gasteiger partial charge is 0.387 e. The summed E-state index contributed by atoms with van der Waals surface area (Å²) in [6.07, 6.45) is 0.894. The molecule has 21 heteroatoms. The number of hydrogen-bond acceptors (Lipinski definition) is 9. The predicted octanol–water partition coefficient (Wildman–Crippen LogP) is 1.67. The van der Waals surface area contributed by atoms with Gasteiger partial charge in [-0.15, -0.1) is 0 Å². The van der Waals surface area contributed by atoms with Gasteiger partial charge in [0.15, 0.2) is 0 Å². The Morgan fingerprint density at radius 2 is 1.44 bits per heavy atom. The molecule has 3 aromatic rings. The number of nitrogens with one attached hydrogen (secondary N) is 6. The van der Waals surface area contributed by atoms with Gasteiger partial charge in [-0.25, -0.2) is 8.78 Å². The van der Waals surface area contributed by atoms with Crippen LogP contribution in [0.5, 0.6) is 0 Å². The van der Waals surface area contributed by atoms with E-state index in [0.29, 0.717) is 11.3 Å². The fraction of sp³-hybridized carbons (Fsp3) is 0.467. The van der Waals surface area contributed by atoms with Gasteiger partial charge in [-0.2, -0.15) is 0 Å². The monoisotopic (exact) mass is 987 g/mol. The molecule has 0 fully saturated rings. The molecule has 0 aliphatic heterocycles. The summed E-state index contributed by atoms with van der Waals surface area (Å²) < 4.78 is 31.6. The number of nitrogens with two attached hydrogens (primary N) is 1. The second-order valence-electron chi connectivity index (χ2n) is 16.8. The number of rotatable bonds is 24. The number of aliphatic hydroxyl groups excluding tert-OH is 1. The maximum Gasteiger partial charge on any atom is 0.248 e. The van der Waals surface area contributed by atoms with Crippen molar-refractivity contribution < 1.29 is 52.2 Å². The van der Waals surface area contributed by atoms with Crippen molar-refractivity contribution in [2.75, 3.05) is 31.6 Å². The first-order chi connectivity index (χ1) is 31.1. The molecule has 0 aliphatic rings. The summed E-state index contributed by atoms with van der Waals surface area (Å²) in [5.41, 5.74) is 6.21. The molecule has 1 aromatic heterocycles. The molecule has 0 saturated heterocycles. The molecule has 8 amide bonds. The Morgan fingerprint density at radius 1 is 0.818 bits per heavy atom. The van der Waals surface area contributed by atoms with E-state index in [1.165, 1.54) is 25.7 Å². The highest BCUT2D eigenvalue weighted by molar-refractivity contribution is 9.09. The zero-order valence-corrected chi connectivity index (χ0v) is 39.4. The van der Waals surface area contributed by atoms with Crippen molar-refractivity contribution in [3.8, 4) is 11.1 Å². The van der Waals surface area contributed by atoms with Crippen LogP contribution in [0.1, 0.15) is 78.1 Å². The number of carbonyl (C=O) groups excluding carboxylic acids is 8. The molecule has 66 heavy (non-hydrogen) atoms. The first-order valence-corrected chi connectivity index (χ1v) is 22.3. The van der Waals surface area contributed by atoms with E-state index in [4.69, 9.17) is 5.73 Å². The molecule has 0 radical (unpaired) electrons. The summed E-state index contributed by atoms with van der Waals surface area (Å²) in [4.78, 5) is 104. The smallest absolute Gasteiger partial charge is 0.248 e. The van der Waals surface area contributed by atoms with Gasteiger partial charge < -0.3 is 52.2 Å². The maximum absolute atomic E-state index is 15.3. The second kappa shape index (κ2) is 25.5. The fourth-order valence-electron chi connectivity index (χ4n) is 7.09. The van der Waals surface area contributed by atoms with Gasteiger partial charge >= 0.3 is 0 Å². The van der Waals surface area contributed by atoms with E-state index in [2.05, 4.69) is 47.8 Å². The number of benzene rings is 2. The van der Waals surface area contributed by atoms with Gasteiger partial charge in [0, 0.05) is 56.1 Å². The van der Waals surface area contributed by atoms with Gasteiger partial charge in [0.25, 0.3) is 0 Å². The van der Waals surface area contributed by atoms with Crippen LogP contribution in [0.25, 0.3) is 11.1 Å². The number of halogens is 3. The number of nitrogens with zero attached hydrogens (tertiary/aromatic N) is 2. The summed E-state index contributed by atoms with van der Waals surface area (Å²) in [5, 5.41) is 25.5. The zero-order chi connectivity index (χ0) is 49.3. The summed E-state index contributed by atoms with van der Waals surface area (Å²) in [5.74, 6) is -7.29. The van der Waals surface area contributed by atoms with E-state index < -0.39 is 102 Å². The van der Waals surface area contributed by atoms with Crippen LogP contribution in [0.15, 0.2) is 60.8 Å². The standard InChI is InChI=1S/C45H60BrF2N9O9/c1-26(52-28(3)59)41(63)53-27(2)42(64)55-35(21-37(49)60)44(66)54-34(43(65)51-17-10-16-50-38(61)22-46)15-18-57(39(62)25-58)40(45(4,5)6)36-19-30(32-20-31(47)13-14-33(32)48)24-56(36)23-29-11-8-7-9-12-29/h7-9,11-14,19-20,24,26-27,34-35,40,58H,10,15-18,21-23,25H2,1-6H3,(H2,49,60)(H,50,61)(H,51,65)(H,52,59)(H,53,63)(H,54,66)(H,55,64)/t26-,27-,34-,35-,40-/m0/s1. The highest BCUT2D eigenvalue weighted by atomic mass is 79.9. The average Bonchev–Trinajstić information content (AvgIpc) is 3.65. The summed E-state index contributed by atoms with van der Waals surface area (Å²) in [6.45, 7) is 8.60. The molecule has 0 unspecified atom stereocenters. The minimum atomic E-state index is -1.66. The number of amides is 8. The number of alkyl halides is 1. The van der Waals surface area contributed by atoms with E-state index in [-0.39, 0.29) is 55.8 Å². The van der Waals surface area contributed by atoms with Crippen molar-refractivity contribution >= 4 is 63.2 Å². The van der Waals surface area contributed by atoms with Crippen molar-refractivity contribution in [1.82, 2.24) is 41.4 Å². The first kappa shape index (κ1) is 54.1. The zero-order valence-electron chi connectivity index (χ0n) is 37.8. The lowest BCUT2D eigenvalue weighted by Crippen LogP contribution is -2.58. The topological polar surface area (TPSA) is 263 Å². The Labute approximate surface area is 390 Å². The minimum Gasteiger partial charge on any atom is -0.387 e. The Kier molecular flexibility index (Phi) is 20.9. The van der Waals surface area contributed by atoms with Crippen LogP contribution in [0, 0.1) is 17.0 Å². The van der Waals surface area contributed by atoms with Crippen LogP contribution in [-0.2, 0) is 44.9 Å². The quantitative estimate of drug-likeness (QED) is 0.0479. The Morgan fingerprint density at radius 3 is 2.05 bits per heavy atom. The summed E-state index contributed by atoms with van der Waals surface area (Å²) >= 11 is 3.06. The molecule has 5 atom stereocenters. The summed E-state index contributed by atoms with van der Waals surface area (Å²) in [6, 6.07) is 7.65. The van der Waals surface area contributed by atoms with Crippen LogP contribution in [0.4, 0.5) is 8.78 Å². The molecule has 3 rings (SSSR count). The predicted molar refractivity (Wildman–Crippen MR) is 244 cm³/mol. The van der Waals surface area contributed by atoms with Crippen LogP contribution in [0.3, 0.4) is 0 Å². The SMILES string of the molecule is CC(=O)N[C@@H](C)C(=O)N[C@@H](C)C(=O)N[C@@H](CC(N)=O)C(=O)N[C@@H](CCN(C(=O)CO)[C@@H](c1cc(-c2cc(F)ccc2F)cn1Cc1ccccc1)C(C)(C)C)C(=O)NCCCNC(=O)CBr. The fourth-order valence-corrected chi connectivity index (χ4v) is 7.29. The Bertz CT molecular complexity index is 2200. The number of aliphatic hydroxyl groups is 1. The first-order valence-electron chi connectivity index (χ1n) is 21.2. The number of carbonyl (C=O) groups is 8. The molecule has 0 saturated carbocycles. The molecule has 9 N–H and O–H groups in total. The molecule has 1 heterocycles. The van der Waals surface area contributed by atoms with Crippen molar-refractivity contribution in [2.45, 2.75) is 97.6 Å². The average molecular weight is 989 g/mol. The second-order valence-corrected chi connectivity index (χ2v) is 17.3. The number of hydrogen-bond donors (Lipinski definition) is 8. The van der Waals surface area contributed by atoms with Crippen molar-refractivity contribution in [2.24, 2.45) is 11.1 Å². The van der Waals surface area contributed by atoms with E-state index >= 15 is 4.39 Å². The lowest BCUT2D eigenvalue weighted by molar-refractivity contribution is -0.140. The van der Waals surface area contributed by atoms with E-state index in [0.717, 1.165) is 23.8 Å². The van der Waals surface area contributed by atoms with Gasteiger partial charge in [-0.05, 0) is 61.9 Å². The van der Waals surface area contributed by atoms with Gasteiger partial charge in [-0.1, -0.05) is 67.0 Å². The molecule has 0 aliphatic carbocycles. The van der Waals surface area contributed by atoms with Crippen molar-refractivity contribution in [1.29, 1.82) is 0 Å². The van der Waals surface area contributed by atoms with E-state index in [1.807, 2.05) is 51.1 Å². The lowest BCUT2D eigenvalue weighted by atomic mass is 9.82. The van der Waals surface area contributed by atoms with Gasteiger partial charge in [-0.3, -0.25) is 38.4 Å². The molecule has 0 bridgehead atoms. The van der Waals surface area contributed by atoms with E-state index in [9.17, 15) is 47.9 Å². The van der Waals surface area contributed by atoms with Crippen LogP contribution in [-0.4, -0.2) is 118 Å². The Hall–Kier alpha value is -6.22. The van der Waals surface area contributed by atoms with Gasteiger partial charge in [0.05, 0.1) is 17.8 Å². The molecular weight excluding hydrogens is 928 g/mol.